The molecule has 0 heterocycles. The Hall–Kier alpha value is -2.69. The molecule has 2 aromatic rings. The van der Waals surface area contributed by atoms with E-state index in [2.05, 4.69) is 10.6 Å². The Morgan fingerprint density at radius 1 is 1.08 bits per heavy atom. The van der Waals surface area contributed by atoms with Gasteiger partial charge in [0.05, 0.1) is 6.04 Å². The number of nitrogens with one attached hydrogen (secondary N) is 2. The first-order valence-electron chi connectivity index (χ1n) is 7.86. The molecule has 0 radical (unpaired) electrons. The van der Waals surface area contributed by atoms with Crippen molar-refractivity contribution >= 4 is 11.8 Å². The molecule has 0 aliphatic carbocycles. The molecule has 0 aliphatic heterocycles. The lowest BCUT2D eigenvalue weighted by Crippen LogP contribution is -2.32. The third-order valence-corrected chi connectivity index (χ3v) is 3.77. The quantitative estimate of drug-likeness (QED) is 0.856. The van der Waals surface area contributed by atoms with Crippen LogP contribution in [0.5, 0.6) is 0 Å². The second kappa shape index (κ2) is 8.24. The summed E-state index contributed by atoms with van der Waals surface area (Å²) in [5.41, 5.74) is 2.33. The number of carbonyl (C=O) groups excluding carboxylic acids is 2. The van der Waals surface area contributed by atoms with Crippen molar-refractivity contribution in [2.45, 2.75) is 26.3 Å². The van der Waals surface area contributed by atoms with Gasteiger partial charge in [0, 0.05) is 18.5 Å². The average molecular weight is 328 g/mol. The summed E-state index contributed by atoms with van der Waals surface area (Å²) in [5, 5.41) is 5.57. The SMILES string of the molecule is Cc1ccccc1C(=O)NCCC(=O)NC(C)c1ccc(F)cc1. The minimum atomic E-state index is -0.309. The molecule has 126 valence electrons. The lowest BCUT2D eigenvalue weighted by Gasteiger charge is -2.14. The highest BCUT2D eigenvalue weighted by atomic mass is 19.1. The van der Waals surface area contributed by atoms with Gasteiger partial charge < -0.3 is 10.6 Å². The van der Waals surface area contributed by atoms with Crippen molar-refractivity contribution in [3.05, 3.63) is 71.0 Å². The van der Waals surface area contributed by atoms with Crippen LogP contribution in [0, 0.1) is 12.7 Å². The molecule has 1 atom stereocenters. The lowest BCUT2D eigenvalue weighted by atomic mass is 10.1. The average Bonchev–Trinajstić information content (AvgIpc) is 2.55. The van der Waals surface area contributed by atoms with Gasteiger partial charge in [-0.15, -0.1) is 0 Å². The Morgan fingerprint density at radius 2 is 1.75 bits per heavy atom. The minimum absolute atomic E-state index is 0.170. The first-order valence-corrected chi connectivity index (χ1v) is 7.86. The van der Waals surface area contributed by atoms with Crippen LogP contribution in [0.15, 0.2) is 48.5 Å². The summed E-state index contributed by atoms with van der Waals surface area (Å²) in [6.07, 6.45) is 0.184. The van der Waals surface area contributed by atoms with Crippen molar-refractivity contribution in [3.8, 4) is 0 Å². The van der Waals surface area contributed by atoms with Gasteiger partial charge in [0.15, 0.2) is 0 Å². The van der Waals surface area contributed by atoms with E-state index in [0.717, 1.165) is 11.1 Å². The number of benzene rings is 2. The van der Waals surface area contributed by atoms with Gasteiger partial charge in [-0.25, -0.2) is 4.39 Å². The highest BCUT2D eigenvalue weighted by Crippen LogP contribution is 2.12. The zero-order chi connectivity index (χ0) is 17.5. The molecule has 0 saturated heterocycles. The fourth-order valence-corrected chi connectivity index (χ4v) is 2.36. The molecule has 0 aromatic heterocycles. The second-order valence-electron chi connectivity index (χ2n) is 5.66. The van der Waals surface area contributed by atoms with Crippen molar-refractivity contribution in [2.24, 2.45) is 0 Å². The molecule has 4 nitrogen and oxygen atoms in total. The zero-order valence-electron chi connectivity index (χ0n) is 13.8. The fraction of sp³-hybridized carbons (Fsp3) is 0.263. The molecule has 2 N–H and O–H groups in total. The van der Waals surface area contributed by atoms with Gasteiger partial charge in [-0.2, -0.15) is 0 Å². The van der Waals surface area contributed by atoms with Crippen LogP contribution in [-0.2, 0) is 4.79 Å². The molecule has 0 saturated carbocycles. The van der Waals surface area contributed by atoms with Crippen LogP contribution in [0.1, 0.15) is 40.9 Å². The Labute approximate surface area is 141 Å². The summed E-state index contributed by atoms with van der Waals surface area (Å²) in [5.74, 6) is -0.666. The number of rotatable bonds is 6. The van der Waals surface area contributed by atoms with Gasteiger partial charge in [-0.05, 0) is 43.2 Å². The van der Waals surface area contributed by atoms with E-state index in [-0.39, 0.29) is 36.6 Å². The molecule has 0 bridgehead atoms. The highest BCUT2D eigenvalue weighted by molar-refractivity contribution is 5.95. The van der Waals surface area contributed by atoms with E-state index in [1.54, 1.807) is 24.3 Å². The highest BCUT2D eigenvalue weighted by Gasteiger charge is 2.11. The summed E-state index contributed by atoms with van der Waals surface area (Å²) in [6.45, 7) is 3.96. The van der Waals surface area contributed by atoms with Crippen LogP contribution >= 0.6 is 0 Å². The van der Waals surface area contributed by atoms with Crippen LogP contribution in [0.25, 0.3) is 0 Å². The van der Waals surface area contributed by atoms with Crippen LogP contribution < -0.4 is 10.6 Å². The van der Waals surface area contributed by atoms with E-state index in [1.165, 1.54) is 12.1 Å². The lowest BCUT2D eigenvalue weighted by molar-refractivity contribution is -0.121. The van der Waals surface area contributed by atoms with Crippen molar-refractivity contribution < 1.29 is 14.0 Å². The van der Waals surface area contributed by atoms with E-state index in [1.807, 2.05) is 26.0 Å². The molecule has 2 amide bonds. The molecule has 0 fully saturated rings. The second-order valence-corrected chi connectivity index (χ2v) is 5.66. The third kappa shape index (κ3) is 4.91. The standard InChI is InChI=1S/C19H21FN2O2/c1-13-5-3-4-6-17(13)19(24)21-12-11-18(23)22-14(2)15-7-9-16(20)10-8-15/h3-10,14H,11-12H2,1-2H3,(H,21,24)(H,22,23). The normalized spacial score (nSPS) is 11.6. The maximum atomic E-state index is 12.9. The molecule has 0 aliphatic rings. The number of carbonyl (C=O) groups is 2. The molecule has 1 unspecified atom stereocenters. The number of hydrogen-bond donors (Lipinski definition) is 2. The minimum Gasteiger partial charge on any atom is -0.352 e. The summed E-state index contributed by atoms with van der Waals surface area (Å²) in [6, 6.07) is 13.1. The number of aryl methyl sites for hydroxylation is 1. The van der Waals surface area contributed by atoms with E-state index in [4.69, 9.17) is 0 Å². The van der Waals surface area contributed by atoms with Gasteiger partial charge in [-0.1, -0.05) is 30.3 Å². The van der Waals surface area contributed by atoms with Gasteiger partial charge in [0.1, 0.15) is 5.82 Å². The molecular formula is C19H21FN2O2. The fourth-order valence-electron chi connectivity index (χ4n) is 2.36. The molecule has 5 heteroatoms. The number of halogens is 1. The summed E-state index contributed by atoms with van der Waals surface area (Å²) in [7, 11) is 0. The third-order valence-electron chi connectivity index (χ3n) is 3.77. The van der Waals surface area contributed by atoms with Gasteiger partial charge in [-0.3, -0.25) is 9.59 Å². The largest absolute Gasteiger partial charge is 0.352 e. The predicted molar refractivity (Wildman–Crippen MR) is 91.1 cm³/mol. The molecule has 24 heavy (non-hydrogen) atoms. The molecule has 0 spiro atoms. The first-order chi connectivity index (χ1) is 11.5. The van der Waals surface area contributed by atoms with E-state index in [9.17, 15) is 14.0 Å². The van der Waals surface area contributed by atoms with Gasteiger partial charge >= 0.3 is 0 Å². The van der Waals surface area contributed by atoms with Crippen molar-refractivity contribution in [3.63, 3.8) is 0 Å². The van der Waals surface area contributed by atoms with Crippen molar-refractivity contribution in [1.82, 2.24) is 10.6 Å². The topological polar surface area (TPSA) is 58.2 Å². The predicted octanol–water partition coefficient (Wildman–Crippen LogP) is 3.13. The van der Waals surface area contributed by atoms with Crippen LogP contribution in [0.2, 0.25) is 0 Å². The zero-order valence-corrected chi connectivity index (χ0v) is 13.8. The summed E-state index contributed by atoms with van der Waals surface area (Å²) in [4.78, 5) is 24.0. The molecule has 2 aromatic carbocycles. The van der Waals surface area contributed by atoms with Crippen molar-refractivity contribution in [1.29, 1.82) is 0 Å². The van der Waals surface area contributed by atoms with E-state index < -0.39 is 0 Å². The van der Waals surface area contributed by atoms with Crippen LogP contribution in [-0.4, -0.2) is 18.4 Å². The monoisotopic (exact) mass is 328 g/mol. The molecule has 2 rings (SSSR count). The van der Waals surface area contributed by atoms with E-state index in [0.29, 0.717) is 5.56 Å². The Balaban J connectivity index is 1.78. The van der Waals surface area contributed by atoms with Crippen LogP contribution in [0.3, 0.4) is 0 Å². The summed E-state index contributed by atoms with van der Waals surface area (Å²) < 4.78 is 12.9. The Kier molecular flexibility index (Phi) is 6.07. The smallest absolute Gasteiger partial charge is 0.251 e. The first kappa shape index (κ1) is 17.7. The maximum Gasteiger partial charge on any atom is 0.251 e. The van der Waals surface area contributed by atoms with Crippen molar-refractivity contribution in [2.75, 3.05) is 6.54 Å². The number of hydrogen-bond acceptors (Lipinski definition) is 2. The summed E-state index contributed by atoms with van der Waals surface area (Å²) >= 11 is 0. The number of amides is 2. The van der Waals surface area contributed by atoms with Gasteiger partial charge in [0.2, 0.25) is 5.91 Å². The Bertz CT molecular complexity index is 714. The Morgan fingerprint density at radius 3 is 2.42 bits per heavy atom. The van der Waals surface area contributed by atoms with Gasteiger partial charge in [0.25, 0.3) is 5.91 Å². The van der Waals surface area contributed by atoms with E-state index >= 15 is 0 Å². The van der Waals surface area contributed by atoms with Crippen LogP contribution in [0.4, 0.5) is 4.39 Å². The maximum absolute atomic E-state index is 12.9. The molecular weight excluding hydrogens is 307 g/mol.